The monoisotopic (exact) mass is 380 g/mol. The van der Waals surface area contributed by atoms with E-state index >= 15 is 0 Å². The number of hydrogen-bond acceptors (Lipinski definition) is 3. The SMILES string of the molecule is CCCCCC/C(=C\c1ccc(C(=O)OC)cc1)C(O)CCc1ccccc1. The minimum atomic E-state index is -0.456. The van der Waals surface area contributed by atoms with Crippen LogP contribution in [0.2, 0.25) is 0 Å². The zero-order valence-corrected chi connectivity index (χ0v) is 17.1. The van der Waals surface area contributed by atoms with Gasteiger partial charge in [0.15, 0.2) is 0 Å². The minimum absolute atomic E-state index is 0.335. The molecule has 0 aliphatic rings. The fourth-order valence-corrected chi connectivity index (χ4v) is 3.27. The first-order valence-electron chi connectivity index (χ1n) is 10.2. The third kappa shape index (κ3) is 7.32. The topological polar surface area (TPSA) is 46.5 Å². The lowest BCUT2D eigenvalue weighted by Gasteiger charge is -2.16. The molecule has 150 valence electrons. The molecule has 1 unspecified atom stereocenters. The number of methoxy groups -OCH3 is 1. The van der Waals surface area contributed by atoms with Gasteiger partial charge in [0.1, 0.15) is 0 Å². The van der Waals surface area contributed by atoms with Gasteiger partial charge in [-0.05, 0) is 54.5 Å². The second kappa shape index (κ2) is 12.1. The van der Waals surface area contributed by atoms with Crippen LogP contribution >= 0.6 is 0 Å². The summed E-state index contributed by atoms with van der Waals surface area (Å²) >= 11 is 0. The van der Waals surface area contributed by atoms with Gasteiger partial charge in [-0.3, -0.25) is 0 Å². The van der Waals surface area contributed by atoms with Gasteiger partial charge in [-0.2, -0.15) is 0 Å². The van der Waals surface area contributed by atoms with Crippen molar-refractivity contribution in [3.63, 3.8) is 0 Å². The Morgan fingerprint density at radius 3 is 2.39 bits per heavy atom. The Balaban J connectivity index is 2.08. The third-order valence-electron chi connectivity index (χ3n) is 4.98. The van der Waals surface area contributed by atoms with E-state index in [9.17, 15) is 9.90 Å². The maximum absolute atomic E-state index is 11.6. The summed E-state index contributed by atoms with van der Waals surface area (Å²) in [5.41, 5.74) is 3.85. The summed E-state index contributed by atoms with van der Waals surface area (Å²) in [6, 6.07) is 17.6. The van der Waals surface area contributed by atoms with E-state index in [0.717, 1.165) is 30.4 Å². The normalized spacial score (nSPS) is 12.6. The van der Waals surface area contributed by atoms with E-state index in [1.807, 2.05) is 30.3 Å². The Morgan fingerprint density at radius 1 is 1.04 bits per heavy atom. The van der Waals surface area contributed by atoms with Crippen molar-refractivity contribution in [2.45, 2.75) is 58.0 Å². The van der Waals surface area contributed by atoms with E-state index in [-0.39, 0.29) is 5.97 Å². The standard InChI is InChI=1S/C25H32O3/c1-3-4-5-9-12-23(24(26)18-15-20-10-7-6-8-11-20)19-21-13-16-22(17-14-21)25(27)28-2/h6-8,10-11,13-14,16-17,19,24,26H,3-5,9,12,15,18H2,1-2H3/b23-19+. The molecule has 1 atom stereocenters. The average Bonchev–Trinajstić information content (AvgIpc) is 2.74. The zero-order chi connectivity index (χ0) is 20.2. The molecule has 0 aromatic heterocycles. The summed E-state index contributed by atoms with van der Waals surface area (Å²) in [5, 5.41) is 10.8. The van der Waals surface area contributed by atoms with Gasteiger partial charge in [0.05, 0.1) is 18.8 Å². The fraction of sp³-hybridized carbons (Fsp3) is 0.400. The molecule has 1 N–H and O–H groups in total. The molecule has 0 saturated carbocycles. The summed E-state index contributed by atoms with van der Waals surface area (Å²) in [7, 11) is 1.38. The molecule has 0 spiro atoms. The molecule has 2 aromatic rings. The van der Waals surface area contributed by atoms with Gasteiger partial charge in [0.2, 0.25) is 0 Å². The Morgan fingerprint density at radius 2 is 1.75 bits per heavy atom. The number of unbranched alkanes of at least 4 members (excludes halogenated alkanes) is 3. The van der Waals surface area contributed by atoms with Gasteiger partial charge in [-0.15, -0.1) is 0 Å². The van der Waals surface area contributed by atoms with Crippen LogP contribution < -0.4 is 0 Å². The van der Waals surface area contributed by atoms with Crippen molar-refractivity contribution in [3.05, 3.63) is 76.9 Å². The molecule has 2 rings (SSSR count). The molecule has 0 bridgehead atoms. The predicted octanol–water partition coefficient (Wildman–Crippen LogP) is 5.82. The van der Waals surface area contributed by atoms with Gasteiger partial charge in [0, 0.05) is 0 Å². The summed E-state index contributed by atoms with van der Waals surface area (Å²) in [6.45, 7) is 2.20. The van der Waals surface area contributed by atoms with E-state index in [1.165, 1.54) is 31.9 Å². The van der Waals surface area contributed by atoms with E-state index in [4.69, 9.17) is 4.74 Å². The number of aliphatic hydroxyl groups excluding tert-OH is 1. The smallest absolute Gasteiger partial charge is 0.337 e. The number of carbonyl (C=O) groups excluding carboxylic acids is 1. The number of aryl methyl sites for hydroxylation is 1. The van der Waals surface area contributed by atoms with Crippen LogP contribution in [0.25, 0.3) is 6.08 Å². The molecule has 0 aliphatic carbocycles. The van der Waals surface area contributed by atoms with Gasteiger partial charge in [-0.25, -0.2) is 4.79 Å². The van der Waals surface area contributed by atoms with Crippen molar-refractivity contribution in [2.24, 2.45) is 0 Å². The molecule has 0 heterocycles. The number of esters is 1. The molecule has 28 heavy (non-hydrogen) atoms. The van der Waals surface area contributed by atoms with Crippen LogP contribution in [0.5, 0.6) is 0 Å². The van der Waals surface area contributed by atoms with Crippen LogP contribution in [0, 0.1) is 0 Å². The van der Waals surface area contributed by atoms with E-state index in [0.29, 0.717) is 12.0 Å². The van der Waals surface area contributed by atoms with Crippen LogP contribution in [0.15, 0.2) is 60.2 Å². The van der Waals surface area contributed by atoms with Crippen molar-refractivity contribution in [2.75, 3.05) is 7.11 Å². The summed E-state index contributed by atoms with van der Waals surface area (Å²) in [5.74, 6) is -0.335. The van der Waals surface area contributed by atoms with Crippen LogP contribution in [-0.4, -0.2) is 24.3 Å². The lowest BCUT2D eigenvalue weighted by molar-refractivity contribution is 0.0600. The Bertz CT molecular complexity index is 732. The Hall–Kier alpha value is -2.39. The molecule has 2 aromatic carbocycles. The number of ether oxygens (including phenoxy) is 1. The largest absolute Gasteiger partial charge is 0.465 e. The number of benzene rings is 2. The highest BCUT2D eigenvalue weighted by Gasteiger charge is 2.12. The maximum atomic E-state index is 11.6. The average molecular weight is 381 g/mol. The van der Waals surface area contributed by atoms with Crippen LogP contribution in [0.4, 0.5) is 0 Å². The Kier molecular flexibility index (Phi) is 9.50. The summed E-state index contributed by atoms with van der Waals surface area (Å²) < 4.78 is 4.75. The number of aliphatic hydroxyl groups is 1. The number of carbonyl (C=O) groups is 1. The second-order valence-corrected chi connectivity index (χ2v) is 7.18. The van der Waals surface area contributed by atoms with Crippen LogP contribution in [0.3, 0.4) is 0 Å². The molecule has 3 heteroatoms. The summed E-state index contributed by atoms with van der Waals surface area (Å²) in [4.78, 5) is 11.6. The summed E-state index contributed by atoms with van der Waals surface area (Å²) in [6.07, 6.45) is 8.77. The van der Waals surface area contributed by atoms with E-state index in [2.05, 4.69) is 25.1 Å². The molecule has 3 nitrogen and oxygen atoms in total. The van der Waals surface area contributed by atoms with E-state index in [1.54, 1.807) is 12.1 Å². The quantitative estimate of drug-likeness (QED) is 0.395. The lowest BCUT2D eigenvalue weighted by atomic mass is 9.95. The number of rotatable bonds is 11. The Labute approximate surface area is 169 Å². The zero-order valence-electron chi connectivity index (χ0n) is 17.1. The van der Waals surface area contributed by atoms with Crippen molar-refractivity contribution in [1.29, 1.82) is 0 Å². The molecule has 0 saturated heterocycles. The lowest BCUT2D eigenvalue weighted by Crippen LogP contribution is -2.12. The van der Waals surface area contributed by atoms with Crippen molar-refractivity contribution in [1.82, 2.24) is 0 Å². The van der Waals surface area contributed by atoms with Crippen molar-refractivity contribution < 1.29 is 14.6 Å². The van der Waals surface area contributed by atoms with Crippen LogP contribution in [0.1, 0.15) is 66.9 Å². The first-order chi connectivity index (χ1) is 13.6. The van der Waals surface area contributed by atoms with Crippen molar-refractivity contribution in [3.8, 4) is 0 Å². The molecule has 0 fully saturated rings. The molecular weight excluding hydrogens is 348 g/mol. The van der Waals surface area contributed by atoms with Gasteiger partial charge in [0.25, 0.3) is 0 Å². The molecular formula is C25H32O3. The third-order valence-corrected chi connectivity index (χ3v) is 4.98. The maximum Gasteiger partial charge on any atom is 0.337 e. The van der Waals surface area contributed by atoms with Gasteiger partial charge >= 0.3 is 5.97 Å². The van der Waals surface area contributed by atoms with Crippen LogP contribution in [-0.2, 0) is 11.2 Å². The van der Waals surface area contributed by atoms with Gasteiger partial charge in [-0.1, -0.05) is 74.7 Å². The van der Waals surface area contributed by atoms with E-state index < -0.39 is 6.10 Å². The first-order valence-corrected chi connectivity index (χ1v) is 10.2. The fourth-order valence-electron chi connectivity index (χ4n) is 3.27. The predicted molar refractivity (Wildman–Crippen MR) is 115 cm³/mol. The van der Waals surface area contributed by atoms with Crippen molar-refractivity contribution >= 4 is 12.0 Å². The minimum Gasteiger partial charge on any atom is -0.465 e. The molecule has 0 radical (unpaired) electrons. The first kappa shape index (κ1) is 21.9. The highest BCUT2D eigenvalue weighted by atomic mass is 16.5. The highest BCUT2D eigenvalue weighted by molar-refractivity contribution is 5.89. The molecule has 0 aliphatic heterocycles. The number of hydrogen-bond donors (Lipinski definition) is 1. The van der Waals surface area contributed by atoms with Gasteiger partial charge < -0.3 is 9.84 Å². The molecule has 0 amide bonds. The highest BCUT2D eigenvalue weighted by Crippen LogP contribution is 2.21. The second-order valence-electron chi connectivity index (χ2n) is 7.18.